The third kappa shape index (κ3) is 14.2. The number of rotatable bonds is 17. The maximum absolute atomic E-state index is 14.1. The Morgan fingerprint density at radius 3 is 2.23 bits per heavy atom. The number of hydrogen-bond acceptors (Lipinski definition) is 13. The number of urea groups is 1. The number of likely N-dealkylation sites (tertiary alicyclic amines) is 1. The molecule has 5 unspecified atom stereocenters. The van der Waals surface area contributed by atoms with Crippen LogP contribution in [-0.2, 0) is 75.1 Å². The maximum Gasteiger partial charge on any atom is 0.409 e. The molecule has 4 aliphatic rings. The largest absolute Gasteiger partial charge is 0.445 e. The number of halogens is 2. The van der Waals surface area contributed by atoms with Gasteiger partial charge in [-0.25, -0.2) is 28.3 Å². The maximum atomic E-state index is 14.1. The Hall–Kier alpha value is -5.81. The molecule has 1 aliphatic carbocycles. The van der Waals surface area contributed by atoms with E-state index in [-0.39, 0.29) is 89.9 Å². The summed E-state index contributed by atoms with van der Waals surface area (Å²) in [6.45, 7) is 5.06. The van der Waals surface area contributed by atoms with Gasteiger partial charge in [-0.3, -0.25) is 28.7 Å². The van der Waals surface area contributed by atoms with E-state index in [1.165, 1.54) is 50.1 Å². The van der Waals surface area contributed by atoms with E-state index in [1.54, 1.807) is 55.5 Å². The van der Waals surface area contributed by atoms with E-state index in [9.17, 15) is 42.3 Å². The zero-order valence-corrected chi connectivity index (χ0v) is 43.5. The fourth-order valence-corrected chi connectivity index (χ4v) is 8.58. The van der Waals surface area contributed by atoms with Gasteiger partial charge in [-0.05, 0) is 49.4 Å². The molecule has 8 amide bonds. The molecule has 71 heavy (non-hydrogen) atoms. The number of nitrogens with two attached hydrogens (primary N) is 1. The van der Waals surface area contributed by atoms with Crippen LogP contribution in [-0.4, -0.2) is 172 Å². The Balaban J connectivity index is 0.00000228. The van der Waals surface area contributed by atoms with Gasteiger partial charge in [-0.2, -0.15) is 10.1 Å². The second-order valence-corrected chi connectivity index (χ2v) is 17.9. The van der Waals surface area contributed by atoms with Crippen molar-refractivity contribution in [2.45, 2.75) is 95.5 Å². The van der Waals surface area contributed by atoms with Crippen molar-refractivity contribution < 1.29 is 79.8 Å². The number of likely N-dealkylation sites (N-methyl/N-ethyl adjacent to an activating group) is 2. The van der Waals surface area contributed by atoms with Crippen molar-refractivity contribution in [1.82, 2.24) is 49.9 Å². The van der Waals surface area contributed by atoms with Crippen LogP contribution in [0.3, 0.4) is 0 Å². The first-order chi connectivity index (χ1) is 33.3. The average Bonchev–Trinajstić information content (AvgIpc) is 3.69. The number of carbonyl (C=O) groups is 7. The summed E-state index contributed by atoms with van der Waals surface area (Å²) in [5.41, 5.74) is 6.63. The third-order valence-electron chi connectivity index (χ3n) is 12.3. The molecule has 3 saturated heterocycles. The molecule has 3 radical (unpaired) electrons. The summed E-state index contributed by atoms with van der Waals surface area (Å²) < 4.78 is 34.6. The van der Waals surface area contributed by atoms with E-state index in [0.29, 0.717) is 61.5 Å². The van der Waals surface area contributed by atoms with Crippen molar-refractivity contribution in [3.63, 3.8) is 0 Å². The Bertz CT molecular complexity index is 2370. The van der Waals surface area contributed by atoms with Gasteiger partial charge in [0.15, 0.2) is 7.98 Å². The predicted molar refractivity (Wildman–Crippen MR) is 252 cm³/mol. The molecule has 0 spiro atoms. The second kappa shape index (κ2) is 25.0. The number of nitrogens with one attached hydrogen (secondary N) is 3. The van der Waals surface area contributed by atoms with Crippen LogP contribution < -0.4 is 31.4 Å². The number of hydrogen-bond donors (Lipinski definition) is 4. The molecule has 5 N–H and O–H groups in total. The number of amides is 8. The molecule has 26 heteroatoms. The van der Waals surface area contributed by atoms with E-state index in [4.69, 9.17) is 23.4 Å². The number of ether oxygens (including phenoxy) is 1. The molecule has 379 valence electrons. The molecule has 3 aromatic rings. The Kier molecular flexibility index (Phi) is 19.8. The van der Waals surface area contributed by atoms with Gasteiger partial charge in [0.25, 0.3) is 5.92 Å². The van der Waals surface area contributed by atoms with Gasteiger partial charge in [0.1, 0.15) is 24.4 Å². The van der Waals surface area contributed by atoms with Crippen molar-refractivity contribution in [3.8, 4) is 0 Å². The molecule has 1 aromatic carbocycles. The summed E-state index contributed by atoms with van der Waals surface area (Å²) in [6.07, 6.45) is 6.83. The number of nitrogens with zero attached hydrogens (tertiary/aromatic N) is 10. The van der Waals surface area contributed by atoms with Crippen molar-refractivity contribution in [3.05, 3.63) is 54.5 Å². The normalized spacial score (nSPS) is 19.8. The Morgan fingerprint density at radius 2 is 1.63 bits per heavy atom. The van der Waals surface area contributed by atoms with Crippen LogP contribution in [0.15, 0.2) is 48.9 Å². The van der Waals surface area contributed by atoms with Gasteiger partial charge in [0.2, 0.25) is 35.5 Å². The zero-order chi connectivity index (χ0) is 50.9. The van der Waals surface area contributed by atoms with Crippen LogP contribution in [0.25, 0.3) is 0 Å². The number of piperazine rings is 1. The minimum Gasteiger partial charge on any atom is -0.445 e. The molecule has 2 bridgehead atoms. The van der Waals surface area contributed by atoms with Gasteiger partial charge < -0.3 is 50.8 Å². The van der Waals surface area contributed by atoms with Gasteiger partial charge in [-0.1, -0.05) is 32.4 Å². The quantitative estimate of drug-likeness (QED) is 0.141. The van der Waals surface area contributed by atoms with Gasteiger partial charge in [-0.15, -0.1) is 0 Å². The van der Waals surface area contributed by atoms with Crippen LogP contribution in [0, 0.1) is 5.92 Å². The van der Waals surface area contributed by atoms with Crippen molar-refractivity contribution in [2.24, 2.45) is 18.7 Å². The number of benzene rings is 1. The molecule has 3 aliphatic heterocycles. The topological polar surface area (TPSA) is 254 Å². The molecular formula is C45H61BF2N14O8Y. The number of alkyl halides is 2. The standard InChI is InChI=1S/C42H53BF2N14O8.C3H8.Y/c1-53(40(65)59(29-19-49-55(3)21-29)39-47-13-12-34(51-39)56-22-27-10-11-28(23-56)58(27)37(63)30-18-42(30,44)45)15-16-54(2)41(66)67-24-25-6-8-26(9-7-25)50-35(61)20-48-36(62)32-5-4-14-57(32)38(64)31(52-43)17-33(46)60;1-3-2;/h6-9,12-13,19,21,27-28,30-32,52H,4-5,10-11,14-18,20,22-24H2,1-3H3,(H2,46,60)(H,48,62)(H,50,61);3H2,1-2H3;. The van der Waals surface area contributed by atoms with Crippen LogP contribution in [0.4, 0.5) is 41.5 Å². The summed E-state index contributed by atoms with van der Waals surface area (Å²) in [6, 6.07) is 5.32. The first-order valence-corrected chi connectivity index (χ1v) is 23.3. The van der Waals surface area contributed by atoms with Crippen molar-refractivity contribution in [2.75, 3.05) is 68.5 Å². The number of carbonyl (C=O) groups excluding carboxylic acids is 7. The molecule has 22 nitrogen and oxygen atoms in total. The minimum atomic E-state index is -2.94. The van der Waals surface area contributed by atoms with Gasteiger partial charge in [0.05, 0.1) is 24.5 Å². The van der Waals surface area contributed by atoms with Crippen LogP contribution in [0.1, 0.15) is 64.4 Å². The molecule has 5 atom stereocenters. The van der Waals surface area contributed by atoms with Gasteiger partial charge >= 0.3 is 12.1 Å². The van der Waals surface area contributed by atoms with Crippen molar-refractivity contribution >= 4 is 72.8 Å². The Morgan fingerprint density at radius 1 is 0.986 bits per heavy atom. The van der Waals surface area contributed by atoms with E-state index in [1.807, 2.05) is 4.90 Å². The average molecular weight is 1060 g/mol. The molecule has 5 heterocycles. The first kappa shape index (κ1) is 56.1. The fourth-order valence-electron chi connectivity index (χ4n) is 8.58. The monoisotopic (exact) mass is 1060 g/mol. The SMILES string of the molecule is CCC.[B]NC(CC(N)=O)C(=O)N1CCCC1C(=O)NCC(=O)Nc1ccc(COC(=O)N(C)CCN(C)C(=O)N(c2cnn(C)c2)c2nccc(N3CC4CCC(C3)N4C(=O)C3CC3(F)F)n2)cc1.[Y]. The summed E-state index contributed by atoms with van der Waals surface area (Å²) in [7, 11) is 10.2. The van der Waals surface area contributed by atoms with Gasteiger partial charge in [0, 0.05) is 130 Å². The van der Waals surface area contributed by atoms with E-state index < -0.39 is 72.0 Å². The number of fused-ring (bicyclic) bond motifs is 2. The van der Waals surface area contributed by atoms with Crippen LogP contribution in [0.5, 0.6) is 0 Å². The van der Waals surface area contributed by atoms with E-state index in [2.05, 4.69) is 39.8 Å². The summed E-state index contributed by atoms with van der Waals surface area (Å²) >= 11 is 0. The minimum absolute atomic E-state index is 0. The predicted octanol–water partition coefficient (Wildman–Crippen LogP) is 1.88. The number of aryl methyl sites for hydroxylation is 1. The molecular weight excluding hydrogens is 1000 g/mol. The number of primary amides is 1. The summed E-state index contributed by atoms with van der Waals surface area (Å²) in [5.74, 6) is -6.40. The number of anilines is 4. The van der Waals surface area contributed by atoms with Crippen LogP contribution in [0.2, 0.25) is 0 Å². The van der Waals surface area contributed by atoms with Crippen molar-refractivity contribution in [1.29, 1.82) is 0 Å². The summed E-state index contributed by atoms with van der Waals surface area (Å²) in [4.78, 5) is 108. The van der Waals surface area contributed by atoms with E-state index >= 15 is 0 Å². The first-order valence-electron chi connectivity index (χ1n) is 23.3. The zero-order valence-electron chi connectivity index (χ0n) is 40.6. The van der Waals surface area contributed by atoms with E-state index in [0.717, 1.165) is 0 Å². The number of aromatic nitrogens is 4. The molecule has 1 saturated carbocycles. The molecule has 4 fully saturated rings. The smallest absolute Gasteiger partial charge is 0.409 e. The fraction of sp³-hybridized carbons (Fsp3) is 0.556. The third-order valence-corrected chi connectivity index (χ3v) is 12.3. The second-order valence-electron chi connectivity index (χ2n) is 17.9. The summed E-state index contributed by atoms with van der Waals surface area (Å²) in [5, 5.41) is 11.7. The molecule has 2 aromatic heterocycles. The Labute approximate surface area is 437 Å². The molecule has 7 rings (SSSR count). The van der Waals surface area contributed by atoms with Crippen LogP contribution >= 0.6 is 0 Å².